The lowest BCUT2D eigenvalue weighted by atomic mass is 9.83. The van der Waals surface area contributed by atoms with Crippen LogP contribution in [0.3, 0.4) is 0 Å². The van der Waals surface area contributed by atoms with Crippen LogP contribution < -0.4 is 5.73 Å². The van der Waals surface area contributed by atoms with Crippen LogP contribution in [0.5, 0.6) is 0 Å². The van der Waals surface area contributed by atoms with Crippen LogP contribution in [0, 0.1) is 5.41 Å². The summed E-state index contributed by atoms with van der Waals surface area (Å²) in [5, 5.41) is 0. The fourth-order valence-electron chi connectivity index (χ4n) is 3.06. The highest BCUT2D eigenvalue weighted by molar-refractivity contribution is 7.98. The lowest BCUT2D eigenvalue weighted by Gasteiger charge is -2.42. The summed E-state index contributed by atoms with van der Waals surface area (Å²) in [6.07, 6.45) is 4.72. The van der Waals surface area contributed by atoms with E-state index in [1.165, 1.54) is 29.8 Å². The van der Waals surface area contributed by atoms with E-state index in [0.29, 0.717) is 18.0 Å². The Balaban J connectivity index is 2.14. The smallest absolute Gasteiger partial charge is 0.0470 e. The number of nitrogens with two attached hydrogens (primary N) is 1. The van der Waals surface area contributed by atoms with Gasteiger partial charge < -0.3 is 5.73 Å². The zero-order valence-corrected chi connectivity index (χ0v) is 13.2. The predicted molar refractivity (Wildman–Crippen MR) is 84.6 cm³/mol. The molecule has 0 bridgehead atoms. The van der Waals surface area contributed by atoms with Gasteiger partial charge in [0.15, 0.2) is 0 Å². The van der Waals surface area contributed by atoms with Crippen LogP contribution in [0.15, 0.2) is 29.2 Å². The van der Waals surface area contributed by atoms with Crippen LogP contribution in [-0.2, 0) is 0 Å². The van der Waals surface area contributed by atoms with Crippen LogP contribution in [0.25, 0.3) is 0 Å². The topological polar surface area (TPSA) is 29.3 Å². The van der Waals surface area contributed by atoms with E-state index in [2.05, 4.69) is 49.3 Å². The summed E-state index contributed by atoms with van der Waals surface area (Å²) in [6, 6.07) is 9.27. The van der Waals surface area contributed by atoms with Crippen molar-refractivity contribution in [2.45, 2.75) is 37.6 Å². The zero-order chi connectivity index (χ0) is 13.9. The second-order valence-electron chi connectivity index (χ2n) is 6.26. The number of rotatable bonds is 4. The molecule has 1 aliphatic rings. The Bertz CT molecular complexity index is 400. The predicted octanol–water partition coefficient (Wildman–Crippen LogP) is 3.53. The minimum Gasteiger partial charge on any atom is -0.329 e. The third-order valence-corrected chi connectivity index (χ3v) is 4.84. The van der Waals surface area contributed by atoms with E-state index in [0.717, 1.165) is 6.54 Å². The maximum atomic E-state index is 6.05. The Morgan fingerprint density at radius 3 is 2.53 bits per heavy atom. The Kier molecular flexibility index (Phi) is 4.93. The first-order valence-corrected chi connectivity index (χ1v) is 8.36. The van der Waals surface area contributed by atoms with Gasteiger partial charge in [0.1, 0.15) is 0 Å². The minimum atomic E-state index is 0.371. The Morgan fingerprint density at radius 1 is 1.32 bits per heavy atom. The van der Waals surface area contributed by atoms with E-state index in [4.69, 9.17) is 5.73 Å². The Labute approximate surface area is 121 Å². The van der Waals surface area contributed by atoms with Crippen molar-refractivity contribution < 1.29 is 0 Å². The first-order valence-electron chi connectivity index (χ1n) is 7.14. The van der Waals surface area contributed by atoms with Gasteiger partial charge in [0.2, 0.25) is 0 Å². The van der Waals surface area contributed by atoms with Gasteiger partial charge in [-0.3, -0.25) is 4.90 Å². The fourth-order valence-corrected chi connectivity index (χ4v) is 3.46. The third-order valence-electron chi connectivity index (χ3n) is 4.09. The van der Waals surface area contributed by atoms with Gasteiger partial charge in [-0.15, -0.1) is 11.8 Å². The van der Waals surface area contributed by atoms with E-state index in [1.807, 2.05) is 0 Å². The highest BCUT2D eigenvalue weighted by atomic mass is 32.2. The van der Waals surface area contributed by atoms with Crippen LogP contribution in [0.4, 0.5) is 0 Å². The van der Waals surface area contributed by atoms with Crippen LogP contribution >= 0.6 is 11.8 Å². The number of likely N-dealkylation sites (tertiary alicyclic amines) is 1. The zero-order valence-electron chi connectivity index (χ0n) is 12.4. The Morgan fingerprint density at radius 2 is 2.00 bits per heavy atom. The molecule has 19 heavy (non-hydrogen) atoms. The first-order chi connectivity index (χ1) is 9.05. The highest BCUT2D eigenvalue weighted by Gasteiger charge is 2.30. The van der Waals surface area contributed by atoms with Crippen molar-refractivity contribution in [3.63, 3.8) is 0 Å². The second-order valence-corrected chi connectivity index (χ2v) is 7.14. The van der Waals surface area contributed by atoms with Gasteiger partial charge in [0.25, 0.3) is 0 Å². The lowest BCUT2D eigenvalue weighted by Crippen LogP contribution is -2.44. The molecule has 1 heterocycles. The van der Waals surface area contributed by atoms with Crippen molar-refractivity contribution in [1.82, 2.24) is 4.90 Å². The summed E-state index contributed by atoms with van der Waals surface area (Å²) in [5.41, 5.74) is 7.83. The van der Waals surface area contributed by atoms with Gasteiger partial charge in [-0.25, -0.2) is 0 Å². The molecule has 0 spiro atoms. The molecule has 3 heteroatoms. The van der Waals surface area contributed by atoms with Crippen molar-refractivity contribution in [3.05, 3.63) is 29.8 Å². The molecule has 1 fully saturated rings. The monoisotopic (exact) mass is 278 g/mol. The van der Waals surface area contributed by atoms with Gasteiger partial charge in [0, 0.05) is 24.0 Å². The molecule has 106 valence electrons. The molecule has 1 saturated heterocycles. The average Bonchev–Trinajstić information content (AvgIpc) is 2.39. The van der Waals surface area contributed by atoms with Crippen molar-refractivity contribution in [2.24, 2.45) is 11.1 Å². The summed E-state index contributed by atoms with van der Waals surface area (Å²) in [7, 11) is 0. The van der Waals surface area contributed by atoms with Gasteiger partial charge in [0.05, 0.1) is 0 Å². The van der Waals surface area contributed by atoms with Gasteiger partial charge >= 0.3 is 0 Å². The van der Waals surface area contributed by atoms with E-state index in [-0.39, 0.29) is 0 Å². The highest BCUT2D eigenvalue weighted by Crippen LogP contribution is 2.33. The summed E-state index contributed by atoms with van der Waals surface area (Å²) in [4.78, 5) is 3.89. The van der Waals surface area contributed by atoms with Gasteiger partial charge in [-0.1, -0.05) is 26.0 Å². The normalized spacial score (nSPS) is 21.3. The lowest BCUT2D eigenvalue weighted by molar-refractivity contribution is 0.0807. The molecule has 1 atom stereocenters. The molecular weight excluding hydrogens is 252 g/mol. The van der Waals surface area contributed by atoms with Gasteiger partial charge in [-0.05, 0) is 48.8 Å². The maximum absolute atomic E-state index is 6.05. The molecule has 0 saturated carbocycles. The molecular formula is C16H26N2S. The summed E-state index contributed by atoms with van der Waals surface area (Å²) < 4.78 is 0. The standard InChI is InChI=1S/C16H26N2S/c1-16(2)9-4-10-18(12-16)15(11-17)13-5-7-14(19-3)8-6-13/h5-8,15H,4,9-12,17H2,1-3H3. The number of piperidine rings is 1. The first kappa shape index (κ1) is 14.9. The second kappa shape index (κ2) is 6.29. The van der Waals surface area contributed by atoms with Crippen LogP contribution in [-0.4, -0.2) is 30.8 Å². The number of hydrogen-bond acceptors (Lipinski definition) is 3. The number of benzene rings is 1. The quantitative estimate of drug-likeness (QED) is 0.854. The Hall–Kier alpha value is -0.510. The summed E-state index contributed by atoms with van der Waals surface area (Å²) in [5.74, 6) is 0. The van der Waals surface area contributed by atoms with E-state index in [9.17, 15) is 0 Å². The molecule has 1 aromatic rings. The third kappa shape index (κ3) is 3.74. The molecule has 0 aromatic heterocycles. The van der Waals surface area contributed by atoms with Crippen molar-refractivity contribution in [1.29, 1.82) is 0 Å². The maximum Gasteiger partial charge on any atom is 0.0470 e. The molecule has 2 N–H and O–H groups in total. The van der Waals surface area contributed by atoms with E-state index in [1.54, 1.807) is 11.8 Å². The van der Waals surface area contributed by atoms with Crippen molar-refractivity contribution >= 4 is 11.8 Å². The fraction of sp³-hybridized carbons (Fsp3) is 0.625. The molecule has 1 unspecified atom stereocenters. The molecule has 0 radical (unpaired) electrons. The summed E-state index contributed by atoms with van der Waals surface area (Å²) in [6.45, 7) is 7.76. The van der Waals surface area contributed by atoms with E-state index >= 15 is 0 Å². The van der Waals surface area contributed by atoms with Crippen molar-refractivity contribution in [3.8, 4) is 0 Å². The molecule has 1 aliphatic heterocycles. The molecule has 0 aliphatic carbocycles. The summed E-state index contributed by atoms with van der Waals surface area (Å²) >= 11 is 1.79. The molecule has 2 rings (SSSR count). The SMILES string of the molecule is CSc1ccc(C(CN)N2CCCC(C)(C)C2)cc1. The largest absolute Gasteiger partial charge is 0.329 e. The molecule has 2 nitrogen and oxygen atoms in total. The van der Waals surface area contributed by atoms with Crippen molar-refractivity contribution in [2.75, 3.05) is 25.9 Å². The van der Waals surface area contributed by atoms with Gasteiger partial charge in [-0.2, -0.15) is 0 Å². The number of nitrogens with zero attached hydrogens (tertiary/aromatic N) is 1. The van der Waals surface area contributed by atoms with E-state index < -0.39 is 0 Å². The molecule has 1 aromatic carbocycles. The number of thioether (sulfide) groups is 1. The minimum absolute atomic E-state index is 0.371. The van der Waals surface area contributed by atoms with Crippen LogP contribution in [0.1, 0.15) is 38.3 Å². The average molecular weight is 278 g/mol. The number of hydrogen-bond donors (Lipinski definition) is 1. The molecule has 0 amide bonds. The van der Waals surface area contributed by atoms with Crippen LogP contribution in [0.2, 0.25) is 0 Å².